The molecule has 2 aromatic rings. The van der Waals surface area contributed by atoms with Gasteiger partial charge in [0, 0.05) is 13.6 Å². The van der Waals surface area contributed by atoms with Gasteiger partial charge in [0.15, 0.2) is 0 Å². The van der Waals surface area contributed by atoms with Crippen LogP contribution >= 0.6 is 0 Å². The van der Waals surface area contributed by atoms with Gasteiger partial charge in [0.25, 0.3) is 0 Å². The Balaban J connectivity index is 2.04. The molecule has 2 rings (SSSR count). The summed E-state index contributed by atoms with van der Waals surface area (Å²) in [6, 6.07) is 6.94. The lowest BCUT2D eigenvalue weighted by molar-refractivity contribution is 0.0697. The van der Waals surface area contributed by atoms with Crippen LogP contribution < -0.4 is 5.32 Å². The van der Waals surface area contributed by atoms with E-state index >= 15 is 0 Å². The molecule has 6 heteroatoms. The van der Waals surface area contributed by atoms with Gasteiger partial charge in [-0.05, 0) is 31.0 Å². The fourth-order valence-electron chi connectivity index (χ4n) is 2.10. The summed E-state index contributed by atoms with van der Waals surface area (Å²) in [5, 5.41) is 25.6. The van der Waals surface area contributed by atoms with Crippen molar-refractivity contribution in [3.8, 4) is 5.75 Å². The van der Waals surface area contributed by atoms with E-state index in [2.05, 4.69) is 10.4 Å². The van der Waals surface area contributed by atoms with E-state index in [1.165, 1.54) is 4.68 Å². The normalized spacial score (nSPS) is 10.5. The first-order valence-electron chi connectivity index (χ1n) is 6.27. The maximum atomic E-state index is 11.2. The third kappa shape index (κ3) is 2.90. The highest BCUT2D eigenvalue weighted by Crippen LogP contribution is 2.18. The Kier molecular flexibility index (Phi) is 3.93. The molecule has 0 aliphatic rings. The maximum Gasteiger partial charge on any atom is 0.341 e. The molecule has 0 unspecified atom stereocenters. The summed E-state index contributed by atoms with van der Waals surface area (Å²) < 4.78 is 1.54. The molecule has 106 valence electrons. The monoisotopic (exact) mass is 275 g/mol. The van der Waals surface area contributed by atoms with Gasteiger partial charge >= 0.3 is 5.97 Å². The number of rotatable bonds is 5. The van der Waals surface area contributed by atoms with Crippen molar-refractivity contribution in [2.24, 2.45) is 7.05 Å². The number of aromatic carboxylic acids is 1. The van der Waals surface area contributed by atoms with Gasteiger partial charge in [-0.3, -0.25) is 4.68 Å². The van der Waals surface area contributed by atoms with Crippen molar-refractivity contribution in [3.63, 3.8) is 0 Å². The lowest BCUT2D eigenvalue weighted by Crippen LogP contribution is -2.12. The van der Waals surface area contributed by atoms with Gasteiger partial charge < -0.3 is 15.5 Å². The number of hydrogen-bond donors (Lipinski definition) is 3. The third-order valence-electron chi connectivity index (χ3n) is 3.08. The standard InChI is InChI=1S/C14H17N3O3/c1-9-12(14(19)20)13(17(2)16-9)15-8-7-10-3-5-11(18)6-4-10/h3-6,15,18H,7-8H2,1-2H3,(H,19,20). The van der Waals surface area contributed by atoms with E-state index in [0.717, 1.165) is 12.0 Å². The van der Waals surface area contributed by atoms with E-state index in [1.54, 1.807) is 26.1 Å². The second-order valence-corrected chi connectivity index (χ2v) is 4.58. The first kappa shape index (κ1) is 13.9. The van der Waals surface area contributed by atoms with Crippen LogP contribution in [0.25, 0.3) is 0 Å². The van der Waals surface area contributed by atoms with Crippen LogP contribution in [0.3, 0.4) is 0 Å². The summed E-state index contributed by atoms with van der Waals surface area (Å²) in [6.45, 7) is 2.26. The third-order valence-corrected chi connectivity index (χ3v) is 3.08. The Morgan fingerprint density at radius 1 is 1.35 bits per heavy atom. The maximum absolute atomic E-state index is 11.2. The van der Waals surface area contributed by atoms with E-state index in [4.69, 9.17) is 0 Å². The van der Waals surface area contributed by atoms with E-state index < -0.39 is 5.97 Å². The van der Waals surface area contributed by atoms with Crippen LogP contribution in [0.1, 0.15) is 21.6 Å². The summed E-state index contributed by atoms with van der Waals surface area (Å²) >= 11 is 0. The van der Waals surface area contributed by atoms with Crippen molar-refractivity contribution in [2.75, 3.05) is 11.9 Å². The van der Waals surface area contributed by atoms with E-state index in [-0.39, 0.29) is 11.3 Å². The molecular weight excluding hydrogens is 258 g/mol. The minimum absolute atomic E-state index is 0.207. The second kappa shape index (κ2) is 5.64. The van der Waals surface area contributed by atoms with Crippen LogP contribution in [-0.4, -0.2) is 32.5 Å². The Morgan fingerprint density at radius 3 is 2.60 bits per heavy atom. The van der Waals surface area contributed by atoms with Crippen molar-refractivity contribution in [3.05, 3.63) is 41.1 Å². The molecule has 0 saturated heterocycles. The van der Waals surface area contributed by atoms with Crippen LogP contribution in [0.15, 0.2) is 24.3 Å². The zero-order valence-corrected chi connectivity index (χ0v) is 11.4. The number of carbonyl (C=O) groups is 1. The van der Waals surface area contributed by atoms with E-state index in [1.807, 2.05) is 12.1 Å². The molecular formula is C14H17N3O3. The van der Waals surface area contributed by atoms with Gasteiger partial charge in [-0.25, -0.2) is 4.79 Å². The highest BCUT2D eigenvalue weighted by molar-refractivity contribution is 5.94. The molecule has 0 bridgehead atoms. The molecule has 0 radical (unpaired) electrons. The first-order valence-corrected chi connectivity index (χ1v) is 6.27. The molecule has 0 amide bonds. The van der Waals surface area contributed by atoms with Crippen LogP contribution in [0.2, 0.25) is 0 Å². The number of carboxylic acid groups (broad SMARTS) is 1. The molecule has 3 N–H and O–H groups in total. The topological polar surface area (TPSA) is 87.4 Å². The number of aryl methyl sites for hydroxylation is 2. The van der Waals surface area contributed by atoms with Gasteiger partial charge in [-0.2, -0.15) is 5.10 Å². The Bertz CT molecular complexity index is 617. The zero-order chi connectivity index (χ0) is 14.7. The van der Waals surface area contributed by atoms with Gasteiger partial charge in [0.2, 0.25) is 0 Å². The zero-order valence-electron chi connectivity index (χ0n) is 11.4. The highest BCUT2D eigenvalue weighted by atomic mass is 16.4. The second-order valence-electron chi connectivity index (χ2n) is 4.58. The molecule has 1 heterocycles. The average molecular weight is 275 g/mol. The Hall–Kier alpha value is -2.50. The molecule has 0 aliphatic carbocycles. The molecule has 0 aliphatic heterocycles. The Morgan fingerprint density at radius 2 is 2.00 bits per heavy atom. The number of nitrogens with zero attached hydrogens (tertiary/aromatic N) is 2. The predicted molar refractivity (Wildman–Crippen MR) is 75.2 cm³/mol. The first-order chi connectivity index (χ1) is 9.49. The number of hydrogen-bond acceptors (Lipinski definition) is 4. The quantitative estimate of drug-likeness (QED) is 0.774. The van der Waals surface area contributed by atoms with E-state index in [0.29, 0.717) is 18.1 Å². The van der Waals surface area contributed by atoms with Crippen molar-refractivity contribution in [1.29, 1.82) is 0 Å². The summed E-state index contributed by atoms with van der Waals surface area (Å²) in [6.07, 6.45) is 0.726. The smallest absolute Gasteiger partial charge is 0.341 e. The predicted octanol–water partition coefficient (Wildman–Crippen LogP) is 1.79. The molecule has 20 heavy (non-hydrogen) atoms. The molecule has 0 spiro atoms. The minimum atomic E-state index is -0.984. The number of phenols is 1. The van der Waals surface area contributed by atoms with Crippen LogP contribution in [0.4, 0.5) is 5.82 Å². The summed E-state index contributed by atoms with van der Waals surface area (Å²) in [4.78, 5) is 11.2. The van der Waals surface area contributed by atoms with Crippen LogP contribution in [0, 0.1) is 6.92 Å². The van der Waals surface area contributed by atoms with Crippen molar-refractivity contribution < 1.29 is 15.0 Å². The largest absolute Gasteiger partial charge is 0.508 e. The minimum Gasteiger partial charge on any atom is -0.508 e. The number of anilines is 1. The van der Waals surface area contributed by atoms with Gasteiger partial charge in [0.1, 0.15) is 17.1 Å². The number of nitrogens with one attached hydrogen (secondary N) is 1. The molecule has 6 nitrogen and oxygen atoms in total. The van der Waals surface area contributed by atoms with Crippen molar-refractivity contribution in [1.82, 2.24) is 9.78 Å². The SMILES string of the molecule is Cc1nn(C)c(NCCc2ccc(O)cc2)c1C(=O)O. The average Bonchev–Trinajstić information content (AvgIpc) is 2.66. The number of aromatic nitrogens is 2. The lowest BCUT2D eigenvalue weighted by Gasteiger charge is -2.08. The summed E-state index contributed by atoms with van der Waals surface area (Å²) in [5.74, 6) is -0.242. The van der Waals surface area contributed by atoms with E-state index in [9.17, 15) is 15.0 Å². The lowest BCUT2D eigenvalue weighted by atomic mass is 10.1. The highest BCUT2D eigenvalue weighted by Gasteiger charge is 2.18. The van der Waals surface area contributed by atoms with Gasteiger partial charge in [-0.15, -0.1) is 0 Å². The summed E-state index contributed by atoms with van der Waals surface area (Å²) in [7, 11) is 1.71. The van der Waals surface area contributed by atoms with Gasteiger partial charge in [-0.1, -0.05) is 12.1 Å². The fourth-order valence-corrected chi connectivity index (χ4v) is 2.10. The summed E-state index contributed by atoms with van der Waals surface area (Å²) in [5.41, 5.74) is 1.76. The van der Waals surface area contributed by atoms with Crippen LogP contribution in [-0.2, 0) is 13.5 Å². The number of benzene rings is 1. The molecule has 0 fully saturated rings. The fraction of sp³-hybridized carbons (Fsp3) is 0.286. The molecule has 0 atom stereocenters. The number of phenolic OH excluding ortho intramolecular Hbond substituents is 1. The number of carboxylic acids is 1. The Labute approximate surface area is 116 Å². The molecule has 1 aromatic carbocycles. The van der Waals surface area contributed by atoms with Crippen LogP contribution in [0.5, 0.6) is 5.75 Å². The van der Waals surface area contributed by atoms with Gasteiger partial charge in [0.05, 0.1) is 5.69 Å². The molecule has 0 saturated carbocycles. The number of aromatic hydroxyl groups is 1. The molecule has 1 aromatic heterocycles. The van der Waals surface area contributed by atoms with Crippen molar-refractivity contribution in [2.45, 2.75) is 13.3 Å². The van der Waals surface area contributed by atoms with Crippen molar-refractivity contribution >= 4 is 11.8 Å².